The summed E-state index contributed by atoms with van der Waals surface area (Å²) in [4.78, 5) is 24.6. The zero-order valence-electron chi connectivity index (χ0n) is 18.2. The Morgan fingerprint density at radius 3 is 2.59 bits per heavy atom. The number of carbonyl (C=O) groups is 2. The quantitative estimate of drug-likeness (QED) is 0.337. The molecule has 0 saturated carbocycles. The number of benzene rings is 1. The molecule has 2 heterocycles. The average Bonchev–Trinajstić information content (AvgIpc) is 3.10. The molecule has 0 radical (unpaired) electrons. The first-order valence-corrected chi connectivity index (χ1v) is 10.2. The highest BCUT2D eigenvalue weighted by atomic mass is 16.6. The van der Waals surface area contributed by atoms with Gasteiger partial charge in [-0.3, -0.25) is 4.79 Å². The largest absolute Gasteiger partial charge is 0.458 e. The summed E-state index contributed by atoms with van der Waals surface area (Å²) in [5.41, 5.74) is 15.1. The van der Waals surface area contributed by atoms with E-state index in [9.17, 15) is 14.7 Å². The molecule has 2 aliphatic rings. The molecule has 7 N–H and O–H groups in total. The van der Waals surface area contributed by atoms with E-state index in [0.717, 1.165) is 5.57 Å². The van der Waals surface area contributed by atoms with Crippen LogP contribution in [0.1, 0.15) is 25.8 Å². The van der Waals surface area contributed by atoms with E-state index in [-0.39, 0.29) is 30.0 Å². The van der Waals surface area contributed by atoms with Gasteiger partial charge in [-0.15, -0.1) is 0 Å². The van der Waals surface area contributed by atoms with Gasteiger partial charge < -0.3 is 31.9 Å². The van der Waals surface area contributed by atoms with Crippen LogP contribution in [0.5, 0.6) is 0 Å². The second kappa shape index (κ2) is 8.76. The first-order chi connectivity index (χ1) is 15.2. The van der Waals surface area contributed by atoms with E-state index in [4.69, 9.17) is 16.2 Å². The van der Waals surface area contributed by atoms with Gasteiger partial charge in [0.25, 0.3) is 0 Å². The maximum Gasteiger partial charge on any atom is 0.343 e. The van der Waals surface area contributed by atoms with Crippen molar-refractivity contribution in [3.8, 4) is 0 Å². The van der Waals surface area contributed by atoms with Crippen LogP contribution in [-0.4, -0.2) is 35.6 Å². The fourth-order valence-electron chi connectivity index (χ4n) is 3.90. The van der Waals surface area contributed by atoms with Gasteiger partial charge >= 0.3 is 5.97 Å². The van der Waals surface area contributed by atoms with Crippen molar-refractivity contribution in [2.24, 2.45) is 0 Å². The maximum atomic E-state index is 12.4. The number of Topliss-reactive ketones (excluding diaryl/α,β-unsaturated/α-hetero) is 1. The predicted molar refractivity (Wildman–Crippen MR) is 125 cm³/mol. The molecule has 1 saturated heterocycles. The van der Waals surface area contributed by atoms with Crippen LogP contribution in [0.15, 0.2) is 71.6 Å². The number of hydrogen-bond donors (Lipinski definition) is 5. The number of aliphatic hydroxyl groups is 1. The van der Waals surface area contributed by atoms with Gasteiger partial charge in [-0.2, -0.15) is 0 Å². The fraction of sp³-hybridized carbons (Fsp3) is 0.250. The molecule has 168 valence electrons. The summed E-state index contributed by atoms with van der Waals surface area (Å²) in [7, 11) is 0. The maximum absolute atomic E-state index is 12.4. The summed E-state index contributed by atoms with van der Waals surface area (Å²) in [6, 6.07) is 5.26. The van der Waals surface area contributed by atoms with Crippen molar-refractivity contribution < 1.29 is 19.4 Å². The number of nitrogen functional groups attached to an aromatic ring is 2. The van der Waals surface area contributed by atoms with Crippen LogP contribution in [-0.2, 0) is 14.3 Å². The van der Waals surface area contributed by atoms with Crippen molar-refractivity contribution >= 4 is 28.8 Å². The minimum Gasteiger partial charge on any atom is -0.458 e. The van der Waals surface area contributed by atoms with Crippen LogP contribution in [0.4, 0.5) is 11.4 Å². The van der Waals surface area contributed by atoms with Gasteiger partial charge in [0.2, 0.25) is 0 Å². The Morgan fingerprint density at radius 2 is 2.03 bits per heavy atom. The minimum atomic E-state index is -1.92. The number of nitrogens with two attached hydrogens (primary N) is 2. The summed E-state index contributed by atoms with van der Waals surface area (Å²) in [6.07, 6.45) is 3.17. The van der Waals surface area contributed by atoms with Crippen molar-refractivity contribution in [2.75, 3.05) is 24.6 Å². The van der Waals surface area contributed by atoms with Crippen molar-refractivity contribution in [3.05, 3.63) is 77.2 Å². The molecule has 1 aromatic carbocycles. The van der Waals surface area contributed by atoms with Crippen LogP contribution in [0.3, 0.4) is 0 Å². The highest BCUT2D eigenvalue weighted by Gasteiger charge is 2.45. The Balaban J connectivity index is 2.16. The van der Waals surface area contributed by atoms with Crippen LogP contribution in [0.25, 0.3) is 5.70 Å². The number of allylic oxidation sites excluding steroid dienone is 1. The number of nitrogens with one attached hydrogen (secondary N) is 2. The van der Waals surface area contributed by atoms with Gasteiger partial charge in [-0.1, -0.05) is 26.1 Å². The number of ether oxygens (including phenoxy) is 1. The number of hydrogen-bond acceptors (Lipinski definition) is 8. The summed E-state index contributed by atoms with van der Waals surface area (Å²) in [5.74, 6) is -1.07. The van der Waals surface area contributed by atoms with Crippen LogP contribution in [0, 0.1) is 0 Å². The summed E-state index contributed by atoms with van der Waals surface area (Å²) >= 11 is 0. The smallest absolute Gasteiger partial charge is 0.343 e. The molecular weight excluding hydrogens is 408 g/mol. The highest BCUT2D eigenvalue weighted by Crippen LogP contribution is 2.37. The monoisotopic (exact) mass is 436 g/mol. The van der Waals surface area contributed by atoms with E-state index < -0.39 is 11.6 Å². The van der Waals surface area contributed by atoms with E-state index in [0.29, 0.717) is 40.5 Å². The second-order valence-corrected chi connectivity index (χ2v) is 7.64. The van der Waals surface area contributed by atoms with Crippen LogP contribution < -0.4 is 22.1 Å². The van der Waals surface area contributed by atoms with Crippen molar-refractivity contribution in [3.63, 3.8) is 0 Å². The number of carbonyl (C=O) groups excluding carboxylic acids is 2. The molecular formula is C24H28N4O4. The van der Waals surface area contributed by atoms with Gasteiger partial charge in [0.1, 0.15) is 6.61 Å². The summed E-state index contributed by atoms with van der Waals surface area (Å²) in [5, 5.41) is 17.4. The number of anilines is 2. The Morgan fingerprint density at radius 1 is 1.38 bits per heavy atom. The van der Waals surface area contributed by atoms with Gasteiger partial charge in [-0.25, -0.2) is 4.79 Å². The highest BCUT2D eigenvalue weighted by molar-refractivity contribution is 6.00. The first kappa shape index (κ1) is 22.9. The molecule has 0 aliphatic carbocycles. The van der Waals surface area contributed by atoms with E-state index in [1.807, 2.05) is 0 Å². The van der Waals surface area contributed by atoms with Crippen molar-refractivity contribution in [1.29, 1.82) is 0 Å². The number of cyclic esters (lactones) is 1. The van der Waals surface area contributed by atoms with E-state index in [1.54, 1.807) is 31.2 Å². The Labute approximate surface area is 187 Å². The lowest BCUT2D eigenvalue weighted by atomic mass is 9.83. The lowest BCUT2D eigenvalue weighted by Gasteiger charge is -2.32. The molecule has 0 aromatic heterocycles. The van der Waals surface area contributed by atoms with Gasteiger partial charge in [0, 0.05) is 45.9 Å². The lowest BCUT2D eigenvalue weighted by molar-refractivity contribution is -0.163. The number of rotatable bonds is 6. The standard InChI is InChI=1S/C24H28N4O4/c1-5-24(31)17(16(14(4)29)12-32-23(24)30)10-20-13(3)15(11-28-20)22(27-6-2)21-18(25)8-7-9-19(21)26/h6-10,27-28,31H,2-3,5,11-12,25-26H2,1,4H3/b20-10-,22-15+/t24-/m0/s1. The Hall–Kier alpha value is -3.78. The minimum absolute atomic E-state index is 0.0528. The Bertz CT molecular complexity index is 1090. The van der Waals surface area contributed by atoms with Gasteiger partial charge in [-0.05, 0) is 43.3 Å². The molecule has 1 fully saturated rings. The van der Waals surface area contributed by atoms with Gasteiger partial charge in [0.15, 0.2) is 11.4 Å². The van der Waals surface area contributed by atoms with Crippen LogP contribution in [0.2, 0.25) is 0 Å². The third-order valence-electron chi connectivity index (χ3n) is 5.75. The molecule has 8 heteroatoms. The van der Waals surface area contributed by atoms with Crippen molar-refractivity contribution in [1.82, 2.24) is 10.6 Å². The molecule has 2 aliphatic heterocycles. The molecule has 1 atom stereocenters. The van der Waals surface area contributed by atoms with E-state index in [2.05, 4.69) is 23.8 Å². The molecule has 3 rings (SSSR count). The van der Waals surface area contributed by atoms with Gasteiger partial charge in [0.05, 0.1) is 5.70 Å². The topological polar surface area (TPSA) is 140 Å². The normalized spacial score (nSPS) is 23.7. The summed E-state index contributed by atoms with van der Waals surface area (Å²) < 4.78 is 5.06. The summed E-state index contributed by atoms with van der Waals surface area (Å²) in [6.45, 7) is 11.1. The SMILES string of the molecule is C=CN/C(=C1\CN/C(=C\C2=C(C(C)=O)COC(=O)[C@]2(O)CC)C1=C)c1c(N)cccc1N. The molecule has 0 amide bonds. The first-order valence-electron chi connectivity index (χ1n) is 10.2. The van der Waals surface area contributed by atoms with Crippen LogP contribution >= 0.6 is 0 Å². The molecule has 0 bridgehead atoms. The fourth-order valence-corrected chi connectivity index (χ4v) is 3.90. The molecule has 1 aromatic rings. The molecule has 8 nitrogen and oxygen atoms in total. The molecule has 32 heavy (non-hydrogen) atoms. The van der Waals surface area contributed by atoms with Crippen molar-refractivity contribution in [2.45, 2.75) is 25.9 Å². The lowest BCUT2D eigenvalue weighted by Crippen LogP contribution is -2.46. The third-order valence-corrected chi connectivity index (χ3v) is 5.75. The third kappa shape index (κ3) is 3.80. The molecule has 0 unspecified atom stereocenters. The zero-order valence-corrected chi connectivity index (χ0v) is 18.2. The zero-order chi connectivity index (χ0) is 23.6. The van der Waals surface area contributed by atoms with E-state index in [1.165, 1.54) is 13.1 Å². The second-order valence-electron chi connectivity index (χ2n) is 7.64. The Kier molecular flexibility index (Phi) is 6.27. The average molecular weight is 437 g/mol. The molecule has 0 spiro atoms. The number of ketones is 1. The van der Waals surface area contributed by atoms with E-state index >= 15 is 0 Å². The number of esters is 1. The predicted octanol–water partition coefficient (Wildman–Crippen LogP) is 1.92.